The number of aliphatic hydroxyl groups excluding tert-OH is 1. The van der Waals surface area contributed by atoms with Gasteiger partial charge in [-0.05, 0) is 25.0 Å². The van der Waals surface area contributed by atoms with Crippen molar-refractivity contribution in [3.05, 3.63) is 35.4 Å². The van der Waals surface area contributed by atoms with E-state index in [4.69, 9.17) is 4.74 Å². The van der Waals surface area contributed by atoms with Crippen LogP contribution >= 0.6 is 0 Å². The van der Waals surface area contributed by atoms with E-state index in [-0.39, 0.29) is 17.3 Å². The third kappa shape index (κ3) is 0.980. The van der Waals surface area contributed by atoms with Crippen molar-refractivity contribution in [3.63, 3.8) is 0 Å². The number of hydrogen-bond acceptors (Lipinski definition) is 4. The van der Waals surface area contributed by atoms with Crippen LogP contribution in [0.1, 0.15) is 30.5 Å². The van der Waals surface area contributed by atoms with Crippen LogP contribution in [0.3, 0.4) is 0 Å². The highest BCUT2D eigenvalue weighted by atomic mass is 16.5. The molecular formula is C16H17NO3. The third-order valence-electron chi connectivity index (χ3n) is 5.73. The van der Waals surface area contributed by atoms with Gasteiger partial charge in [-0.15, -0.1) is 0 Å². The van der Waals surface area contributed by atoms with Crippen molar-refractivity contribution >= 4 is 0 Å². The topological polar surface area (TPSA) is 61.7 Å². The minimum atomic E-state index is -0.602. The Balaban J connectivity index is 1.87. The highest BCUT2D eigenvalue weighted by molar-refractivity contribution is 5.63. The van der Waals surface area contributed by atoms with Crippen molar-refractivity contribution in [3.8, 4) is 11.5 Å². The van der Waals surface area contributed by atoms with Gasteiger partial charge in [0.25, 0.3) is 0 Å². The van der Waals surface area contributed by atoms with Gasteiger partial charge in [0.05, 0.1) is 0 Å². The van der Waals surface area contributed by atoms with E-state index in [9.17, 15) is 10.2 Å². The number of piperidine rings is 1. The van der Waals surface area contributed by atoms with Gasteiger partial charge in [-0.2, -0.15) is 0 Å². The molecule has 1 spiro atoms. The van der Waals surface area contributed by atoms with Gasteiger partial charge in [-0.25, -0.2) is 0 Å². The predicted molar refractivity (Wildman–Crippen MR) is 72.8 cm³/mol. The number of fused-ring (bicyclic) bond motifs is 2. The Kier molecular flexibility index (Phi) is 1.79. The standard InChI is InChI=1S/C16H17NO3/c1-7-9-3-5-12(19)15-16(9)6-10(17-7)8-2-4-11(18)14(20-15)13(8)16/h2-5,7,9-10,12,15,17-19H,6H2,1H3. The van der Waals surface area contributed by atoms with E-state index >= 15 is 0 Å². The van der Waals surface area contributed by atoms with Gasteiger partial charge >= 0.3 is 0 Å². The summed E-state index contributed by atoms with van der Waals surface area (Å²) in [5, 5.41) is 24.2. The van der Waals surface area contributed by atoms with Crippen molar-refractivity contribution in [2.75, 3.05) is 0 Å². The molecule has 6 unspecified atom stereocenters. The van der Waals surface area contributed by atoms with Crippen molar-refractivity contribution in [1.29, 1.82) is 0 Å². The zero-order valence-electron chi connectivity index (χ0n) is 11.2. The van der Waals surface area contributed by atoms with Crippen LogP contribution in [0.2, 0.25) is 0 Å². The Bertz CT molecular complexity index is 655. The van der Waals surface area contributed by atoms with Gasteiger partial charge < -0.3 is 20.3 Å². The monoisotopic (exact) mass is 271 g/mol. The van der Waals surface area contributed by atoms with E-state index in [1.807, 2.05) is 12.1 Å². The molecule has 6 atom stereocenters. The van der Waals surface area contributed by atoms with Crippen molar-refractivity contribution < 1.29 is 14.9 Å². The number of aliphatic hydroxyl groups is 1. The summed E-state index contributed by atoms with van der Waals surface area (Å²) in [4.78, 5) is 0. The van der Waals surface area contributed by atoms with E-state index in [1.54, 1.807) is 6.07 Å². The SMILES string of the molecule is CC1NC2CC34c5c2ccc(O)c5OC3C(O)C=CC14. The molecule has 2 heterocycles. The number of hydrogen-bond donors (Lipinski definition) is 3. The fourth-order valence-corrected chi connectivity index (χ4v) is 5.07. The molecular weight excluding hydrogens is 254 g/mol. The van der Waals surface area contributed by atoms with E-state index in [0.717, 1.165) is 12.0 Å². The van der Waals surface area contributed by atoms with Gasteiger partial charge in [0.15, 0.2) is 11.5 Å². The Hall–Kier alpha value is -1.52. The van der Waals surface area contributed by atoms with Crippen molar-refractivity contribution in [1.82, 2.24) is 5.32 Å². The lowest BCUT2D eigenvalue weighted by Crippen LogP contribution is -2.59. The summed E-state index contributed by atoms with van der Waals surface area (Å²) in [5.74, 6) is 1.09. The largest absolute Gasteiger partial charge is 0.504 e. The van der Waals surface area contributed by atoms with Crippen LogP contribution in [0.25, 0.3) is 0 Å². The van der Waals surface area contributed by atoms with E-state index < -0.39 is 6.10 Å². The van der Waals surface area contributed by atoms with Gasteiger partial charge in [-0.1, -0.05) is 18.2 Å². The number of rotatable bonds is 0. The number of aromatic hydroxyl groups is 1. The number of phenols is 1. The second-order valence-corrected chi connectivity index (χ2v) is 6.57. The molecule has 2 bridgehead atoms. The lowest BCUT2D eigenvalue weighted by Gasteiger charge is -2.48. The number of benzene rings is 1. The number of nitrogens with one attached hydrogen (secondary N) is 1. The maximum atomic E-state index is 10.4. The molecule has 1 aromatic carbocycles. The molecule has 3 N–H and O–H groups in total. The molecule has 20 heavy (non-hydrogen) atoms. The zero-order valence-corrected chi connectivity index (χ0v) is 11.2. The van der Waals surface area contributed by atoms with E-state index in [2.05, 4.69) is 18.3 Å². The molecule has 0 amide bonds. The van der Waals surface area contributed by atoms with Gasteiger partial charge in [0, 0.05) is 29.0 Å². The maximum absolute atomic E-state index is 10.4. The second-order valence-electron chi connectivity index (χ2n) is 6.57. The fourth-order valence-electron chi connectivity index (χ4n) is 5.07. The van der Waals surface area contributed by atoms with E-state index in [1.165, 1.54) is 5.56 Å². The van der Waals surface area contributed by atoms with Gasteiger partial charge in [-0.3, -0.25) is 0 Å². The van der Waals surface area contributed by atoms with Crippen molar-refractivity contribution in [2.24, 2.45) is 5.92 Å². The predicted octanol–water partition coefficient (Wildman–Crippen LogP) is 1.37. The summed E-state index contributed by atoms with van der Waals surface area (Å²) < 4.78 is 6.01. The molecule has 4 aliphatic rings. The number of phenolic OH excluding ortho intramolecular Hbond substituents is 1. The molecule has 0 radical (unpaired) electrons. The lowest BCUT2D eigenvalue weighted by atomic mass is 9.60. The zero-order chi connectivity index (χ0) is 13.6. The highest BCUT2D eigenvalue weighted by Gasteiger charge is 2.66. The summed E-state index contributed by atoms with van der Waals surface area (Å²) in [7, 11) is 0. The average molecular weight is 271 g/mol. The Labute approximate surface area is 117 Å². The summed E-state index contributed by atoms with van der Waals surface area (Å²) >= 11 is 0. The number of ether oxygens (including phenoxy) is 1. The van der Waals surface area contributed by atoms with Gasteiger partial charge in [0.2, 0.25) is 0 Å². The Morgan fingerprint density at radius 2 is 2.20 bits per heavy atom. The quantitative estimate of drug-likeness (QED) is 0.624. The molecule has 0 aromatic heterocycles. The Morgan fingerprint density at radius 1 is 1.35 bits per heavy atom. The summed E-state index contributed by atoms with van der Waals surface area (Å²) in [6.45, 7) is 2.20. The molecule has 4 nitrogen and oxygen atoms in total. The molecule has 0 saturated carbocycles. The summed E-state index contributed by atoms with van der Waals surface area (Å²) in [6, 6.07) is 4.36. The van der Waals surface area contributed by atoms with Crippen LogP contribution in [-0.2, 0) is 5.41 Å². The smallest absolute Gasteiger partial charge is 0.165 e. The molecule has 2 aliphatic carbocycles. The van der Waals surface area contributed by atoms with E-state index in [0.29, 0.717) is 23.8 Å². The first-order valence-electron chi connectivity index (χ1n) is 7.28. The molecule has 5 rings (SSSR count). The lowest BCUT2D eigenvalue weighted by molar-refractivity contribution is -0.0152. The van der Waals surface area contributed by atoms with Crippen LogP contribution in [0, 0.1) is 5.92 Å². The average Bonchev–Trinajstić information content (AvgIpc) is 2.87. The maximum Gasteiger partial charge on any atom is 0.165 e. The van der Waals surface area contributed by atoms with Crippen LogP contribution in [0.15, 0.2) is 24.3 Å². The fraction of sp³-hybridized carbons (Fsp3) is 0.500. The van der Waals surface area contributed by atoms with Gasteiger partial charge in [0.1, 0.15) is 12.2 Å². The minimum absolute atomic E-state index is 0.174. The van der Waals surface area contributed by atoms with Crippen LogP contribution in [0.4, 0.5) is 0 Å². The molecule has 4 heteroatoms. The highest BCUT2D eigenvalue weighted by Crippen LogP contribution is 2.65. The first-order chi connectivity index (χ1) is 9.63. The minimum Gasteiger partial charge on any atom is -0.504 e. The summed E-state index contributed by atoms with van der Waals surface area (Å²) in [6.07, 6.45) is 4.05. The molecule has 1 aromatic rings. The first-order valence-corrected chi connectivity index (χ1v) is 7.28. The second kappa shape index (κ2) is 3.21. The van der Waals surface area contributed by atoms with Crippen molar-refractivity contribution in [2.45, 2.75) is 43.1 Å². The molecule has 1 saturated heterocycles. The first kappa shape index (κ1) is 11.2. The van der Waals surface area contributed by atoms with Crippen LogP contribution in [0.5, 0.6) is 11.5 Å². The normalized spacial score (nSPS) is 46.2. The van der Waals surface area contributed by atoms with Crippen LogP contribution in [-0.4, -0.2) is 28.5 Å². The molecule has 2 aliphatic heterocycles. The molecule has 1 fully saturated rings. The van der Waals surface area contributed by atoms with Crippen LogP contribution < -0.4 is 10.1 Å². The summed E-state index contributed by atoms with van der Waals surface area (Å²) in [5.41, 5.74) is 2.20. The molecule has 104 valence electrons. The third-order valence-corrected chi connectivity index (χ3v) is 5.73. The Morgan fingerprint density at radius 3 is 3.05 bits per heavy atom.